The average Bonchev–Trinajstić information content (AvgIpc) is 3.29. The first-order chi connectivity index (χ1) is 15.8. The first-order valence-corrected chi connectivity index (χ1v) is 11.0. The molecule has 0 spiro atoms. The van der Waals surface area contributed by atoms with Crippen LogP contribution in [-0.4, -0.2) is 76.5 Å². The second kappa shape index (κ2) is 15.7. The zero-order valence-electron chi connectivity index (χ0n) is 18.7. The molecule has 0 radical (unpaired) electrons. The van der Waals surface area contributed by atoms with E-state index in [1.165, 1.54) is 6.33 Å². The van der Waals surface area contributed by atoms with Crippen molar-refractivity contribution in [3.8, 4) is 0 Å². The van der Waals surface area contributed by atoms with E-state index in [0.29, 0.717) is 50.9 Å². The molecule has 1 aromatic rings. The van der Waals surface area contributed by atoms with Crippen LogP contribution in [-0.2, 0) is 25.6 Å². The molecule has 3 atom stereocenters. The van der Waals surface area contributed by atoms with Crippen molar-refractivity contribution in [2.75, 3.05) is 19.6 Å². The monoisotopic (exact) mass is 468 g/mol. The fraction of sp³-hybridized carbons (Fsp3) is 0.650. The molecule has 0 aromatic carbocycles. The van der Waals surface area contributed by atoms with Gasteiger partial charge in [0, 0.05) is 18.3 Å². The van der Waals surface area contributed by atoms with Crippen molar-refractivity contribution in [1.82, 2.24) is 25.9 Å². The number of nitrogens with one attached hydrogen (secondary N) is 4. The second-order valence-corrected chi connectivity index (χ2v) is 7.69. The summed E-state index contributed by atoms with van der Waals surface area (Å²) in [4.78, 5) is 55.3. The van der Waals surface area contributed by atoms with Crippen molar-refractivity contribution in [3.05, 3.63) is 18.2 Å². The molecule has 3 amide bonds. The highest BCUT2D eigenvalue weighted by Crippen LogP contribution is 2.04. The van der Waals surface area contributed by atoms with Crippen molar-refractivity contribution in [1.29, 1.82) is 0 Å². The number of nitrogens with zero attached hydrogens (tertiary/aromatic N) is 1. The van der Waals surface area contributed by atoms with Crippen LogP contribution in [0, 0.1) is 0 Å². The van der Waals surface area contributed by atoms with E-state index < -0.39 is 48.4 Å². The Morgan fingerprint density at radius 1 is 0.970 bits per heavy atom. The Morgan fingerprint density at radius 3 is 2.15 bits per heavy atom. The number of hydrogen-bond acceptors (Lipinski definition) is 8. The number of carboxylic acid groups (broad SMARTS) is 1. The minimum Gasteiger partial charge on any atom is -0.480 e. The van der Waals surface area contributed by atoms with Gasteiger partial charge in [-0.25, -0.2) is 9.78 Å². The van der Waals surface area contributed by atoms with E-state index in [-0.39, 0.29) is 12.8 Å². The Morgan fingerprint density at radius 2 is 1.61 bits per heavy atom. The summed E-state index contributed by atoms with van der Waals surface area (Å²) in [5, 5.41) is 16.7. The Hall–Kier alpha value is -3.03. The molecule has 0 saturated carbocycles. The summed E-state index contributed by atoms with van der Waals surface area (Å²) in [6, 6.07) is -2.88. The molecule has 1 rings (SSSR count). The summed E-state index contributed by atoms with van der Waals surface area (Å²) in [5.41, 5.74) is 17.5. The molecule has 0 bridgehead atoms. The summed E-state index contributed by atoms with van der Waals surface area (Å²) in [7, 11) is 0. The van der Waals surface area contributed by atoms with E-state index in [1.54, 1.807) is 6.20 Å². The number of carboxylic acids is 1. The number of unbranched alkanes of at least 4 members (excludes halogenated alkanes) is 2. The van der Waals surface area contributed by atoms with Gasteiger partial charge in [-0.3, -0.25) is 14.4 Å². The van der Waals surface area contributed by atoms with Gasteiger partial charge in [-0.1, -0.05) is 0 Å². The fourth-order valence-electron chi connectivity index (χ4n) is 3.05. The molecular weight excluding hydrogens is 432 g/mol. The number of imidazole rings is 1. The molecule has 186 valence electrons. The molecular formula is C20H36N8O5. The number of H-pyrrole nitrogens is 1. The van der Waals surface area contributed by atoms with Crippen LogP contribution in [0.3, 0.4) is 0 Å². The number of rotatable bonds is 17. The predicted molar refractivity (Wildman–Crippen MR) is 121 cm³/mol. The van der Waals surface area contributed by atoms with E-state index >= 15 is 0 Å². The van der Waals surface area contributed by atoms with Gasteiger partial charge in [0.1, 0.15) is 12.1 Å². The number of aromatic nitrogens is 2. The molecule has 13 heteroatoms. The molecule has 3 unspecified atom stereocenters. The average molecular weight is 469 g/mol. The summed E-state index contributed by atoms with van der Waals surface area (Å²) >= 11 is 0. The number of carbonyl (C=O) groups is 4. The van der Waals surface area contributed by atoms with E-state index in [9.17, 15) is 24.3 Å². The third-order valence-electron chi connectivity index (χ3n) is 4.91. The number of carbonyl (C=O) groups excluding carboxylic acids is 3. The maximum Gasteiger partial charge on any atom is 0.326 e. The van der Waals surface area contributed by atoms with Gasteiger partial charge in [0.05, 0.1) is 18.9 Å². The van der Waals surface area contributed by atoms with Gasteiger partial charge in [-0.2, -0.15) is 0 Å². The zero-order chi connectivity index (χ0) is 24.6. The predicted octanol–water partition coefficient (Wildman–Crippen LogP) is -2.29. The SMILES string of the molecule is NCCCCC(NC(=O)CNC(=O)C(CCCCN)NC(=O)C(N)Cc1cnc[nH]1)C(=O)O. The van der Waals surface area contributed by atoms with Gasteiger partial charge in [0.2, 0.25) is 17.7 Å². The Bertz CT molecular complexity index is 743. The lowest BCUT2D eigenvalue weighted by Crippen LogP contribution is -2.53. The highest BCUT2D eigenvalue weighted by molar-refractivity contribution is 5.92. The molecule has 1 heterocycles. The molecule has 1 aromatic heterocycles. The van der Waals surface area contributed by atoms with E-state index in [1.807, 2.05) is 0 Å². The van der Waals surface area contributed by atoms with Crippen LogP contribution in [0.1, 0.15) is 44.2 Å². The zero-order valence-corrected chi connectivity index (χ0v) is 18.7. The maximum absolute atomic E-state index is 12.6. The number of hydrogen-bond donors (Lipinski definition) is 8. The van der Waals surface area contributed by atoms with Gasteiger partial charge in [-0.05, 0) is 51.6 Å². The number of aliphatic carboxylic acids is 1. The lowest BCUT2D eigenvalue weighted by atomic mass is 10.1. The van der Waals surface area contributed by atoms with Gasteiger partial charge in [0.15, 0.2) is 0 Å². The van der Waals surface area contributed by atoms with Gasteiger partial charge >= 0.3 is 5.97 Å². The van der Waals surface area contributed by atoms with E-state index in [4.69, 9.17) is 17.2 Å². The Balaban J connectivity index is 2.61. The summed E-state index contributed by atoms with van der Waals surface area (Å²) in [6.45, 7) is 0.437. The highest BCUT2D eigenvalue weighted by atomic mass is 16.4. The molecule has 33 heavy (non-hydrogen) atoms. The largest absolute Gasteiger partial charge is 0.480 e. The molecule has 11 N–H and O–H groups in total. The maximum atomic E-state index is 12.6. The summed E-state index contributed by atoms with van der Waals surface area (Å²) in [6.07, 6.45) is 6.22. The van der Waals surface area contributed by atoms with Crippen LogP contribution in [0.5, 0.6) is 0 Å². The molecule has 0 fully saturated rings. The number of nitrogens with two attached hydrogens (primary N) is 3. The van der Waals surface area contributed by atoms with Crippen LogP contribution >= 0.6 is 0 Å². The van der Waals surface area contributed by atoms with Gasteiger partial charge in [-0.15, -0.1) is 0 Å². The normalized spacial score (nSPS) is 13.5. The summed E-state index contributed by atoms with van der Waals surface area (Å²) in [5.74, 6) is -2.90. The highest BCUT2D eigenvalue weighted by Gasteiger charge is 2.25. The smallest absolute Gasteiger partial charge is 0.326 e. The van der Waals surface area contributed by atoms with Crippen molar-refractivity contribution in [3.63, 3.8) is 0 Å². The topological polar surface area (TPSA) is 231 Å². The van der Waals surface area contributed by atoms with Crippen LogP contribution < -0.4 is 33.2 Å². The fourth-order valence-corrected chi connectivity index (χ4v) is 3.05. The molecule has 0 saturated heterocycles. The van der Waals surface area contributed by atoms with Crippen molar-refractivity contribution in [2.24, 2.45) is 17.2 Å². The number of aromatic amines is 1. The van der Waals surface area contributed by atoms with E-state index in [2.05, 4.69) is 25.9 Å². The quantitative estimate of drug-likeness (QED) is 0.115. The van der Waals surface area contributed by atoms with Crippen LogP contribution in [0.15, 0.2) is 12.5 Å². The standard InChI is InChI=1S/C20H36N8O5/c21-7-3-1-5-15(28-18(30)14(23)9-13-10-24-12-26-13)19(31)25-11-17(29)27-16(20(32)33)6-2-4-8-22/h10,12,14-16H,1-9,11,21-23H2,(H,24,26)(H,25,31)(H,27,29)(H,28,30)(H,32,33). The third-order valence-corrected chi connectivity index (χ3v) is 4.91. The van der Waals surface area contributed by atoms with Gasteiger partial charge in [0.25, 0.3) is 0 Å². The van der Waals surface area contributed by atoms with Crippen LogP contribution in [0.4, 0.5) is 0 Å². The van der Waals surface area contributed by atoms with Crippen molar-refractivity contribution >= 4 is 23.7 Å². The van der Waals surface area contributed by atoms with Crippen molar-refractivity contribution < 1.29 is 24.3 Å². The van der Waals surface area contributed by atoms with Crippen LogP contribution in [0.25, 0.3) is 0 Å². The number of amides is 3. The van der Waals surface area contributed by atoms with Gasteiger partial charge < -0.3 is 43.2 Å². The van der Waals surface area contributed by atoms with E-state index in [0.717, 1.165) is 0 Å². The van der Waals surface area contributed by atoms with Crippen molar-refractivity contribution in [2.45, 2.75) is 63.1 Å². The van der Waals surface area contributed by atoms with Crippen LogP contribution in [0.2, 0.25) is 0 Å². The Kier molecular flexibility index (Phi) is 13.3. The minimum absolute atomic E-state index is 0.214. The first-order valence-electron chi connectivity index (χ1n) is 11.0. The molecule has 13 nitrogen and oxygen atoms in total. The third kappa shape index (κ3) is 11.4. The molecule has 0 aliphatic carbocycles. The first kappa shape index (κ1) is 28.0. The lowest BCUT2D eigenvalue weighted by molar-refractivity contribution is -0.142. The molecule has 0 aliphatic heterocycles. The minimum atomic E-state index is -1.16. The lowest BCUT2D eigenvalue weighted by Gasteiger charge is -2.21. The summed E-state index contributed by atoms with van der Waals surface area (Å²) < 4.78 is 0. The Labute approximate surface area is 192 Å². The molecule has 0 aliphatic rings. The second-order valence-electron chi connectivity index (χ2n) is 7.69.